The van der Waals surface area contributed by atoms with Crippen molar-refractivity contribution in [2.45, 2.75) is 0 Å². The molecule has 0 fully saturated rings. The van der Waals surface area contributed by atoms with E-state index in [1.54, 1.807) is 0 Å². The highest BCUT2D eigenvalue weighted by Gasteiger charge is 2.18. The third kappa shape index (κ3) is 5.53. The van der Waals surface area contributed by atoms with Gasteiger partial charge >= 0.3 is 0 Å². The van der Waals surface area contributed by atoms with Crippen LogP contribution in [-0.4, -0.2) is 0 Å². The van der Waals surface area contributed by atoms with Crippen LogP contribution in [0.1, 0.15) is 0 Å². The van der Waals surface area contributed by atoms with Crippen molar-refractivity contribution in [1.29, 1.82) is 0 Å². The van der Waals surface area contributed by atoms with Crippen molar-refractivity contribution >= 4 is 64.6 Å². The highest BCUT2D eigenvalue weighted by molar-refractivity contribution is 6.26. The van der Waals surface area contributed by atoms with Crippen molar-refractivity contribution in [3.63, 3.8) is 0 Å². The van der Waals surface area contributed by atoms with Gasteiger partial charge in [0, 0.05) is 0 Å². The summed E-state index contributed by atoms with van der Waals surface area (Å²) in [6.07, 6.45) is 0. The molecule has 0 N–H and O–H groups in total. The predicted octanol–water partition coefficient (Wildman–Crippen LogP) is 16.9. The Bertz CT molecular complexity index is 3600. The monoisotopic (exact) mass is 758 g/mol. The fourth-order valence-electron chi connectivity index (χ4n) is 9.79. The van der Waals surface area contributed by atoms with Crippen molar-refractivity contribution in [2.75, 3.05) is 0 Å². The van der Waals surface area contributed by atoms with E-state index in [-0.39, 0.29) is 0 Å². The van der Waals surface area contributed by atoms with E-state index >= 15 is 0 Å². The molecule has 0 atom stereocenters. The number of benzene rings is 12. The summed E-state index contributed by atoms with van der Waals surface area (Å²) < 4.78 is 0. The van der Waals surface area contributed by atoms with Gasteiger partial charge < -0.3 is 0 Å². The Morgan fingerprint density at radius 1 is 0.133 bits per heavy atom. The molecular weight excluding hydrogens is 721 g/mol. The predicted molar refractivity (Wildman–Crippen MR) is 259 cm³/mol. The minimum Gasteiger partial charge on any atom is -0.0622 e. The van der Waals surface area contributed by atoms with Crippen LogP contribution in [0, 0.1) is 0 Å². The van der Waals surface area contributed by atoms with Gasteiger partial charge in [-0.15, -0.1) is 0 Å². The second kappa shape index (κ2) is 13.9. The van der Waals surface area contributed by atoms with E-state index in [1.165, 1.54) is 120 Å². The van der Waals surface area contributed by atoms with Crippen LogP contribution in [0.3, 0.4) is 0 Å². The molecule has 12 rings (SSSR count). The fraction of sp³-hybridized carbons (Fsp3) is 0. The molecule has 0 bridgehead atoms. The molecule has 0 unspecified atom stereocenters. The van der Waals surface area contributed by atoms with Gasteiger partial charge in [0.05, 0.1) is 0 Å². The van der Waals surface area contributed by atoms with Crippen LogP contribution < -0.4 is 0 Å². The minimum absolute atomic E-state index is 1.20. The van der Waals surface area contributed by atoms with Crippen LogP contribution in [-0.2, 0) is 0 Å². The lowest BCUT2D eigenvalue weighted by molar-refractivity contribution is 1.64. The molecule has 0 nitrogen and oxygen atoms in total. The maximum absolute atomic E-state index is 2.44. The van der Waals surface area contributed by atoms with Gasteiger partial charge in [0.2, 0.25) is 0 Å². The molecule has 0 saturated heterocycles. The lowest BCUT2D eigenvalue weighted by Gasteiger charge is -2.18. The van der Waals surface area contributed by atoms with E-state index in [1.807, 2.05) is 0 Å². The van der Waals surface area contributed by atoms with Gasteiger partial charge in [-0.25, -0.2) is 0 Å². The molecule has 12 aromatic carbocycles. The van der Waals surface area contributed by atoms with Gasteiger partial charge in [-0.2, -0.15) is 0 Å². The molecule has 0 amide bonds. The molecule has 0 saturated carbocycles. The lowest BCUT2D eigenvalue weighted by atomic mass is 9.85. The van der Waals surface area contributed by atoms with E-state index in [9.17, 15) is 0 Å². The SMILES string of the molecule is c1ccc(-c2cc3c4ccc(-c5ccc6c(-c7ccccc7)cc7c8ccccc8c(-c8ccccc8)cc7c6c5)cc4c(-c4ccccc4)cc3c3ccccc23)cc1. The van der Waals surface area contributed by atoms with Crippen LogP contribution in [0.2, 0.25) is 0 Å². The zero-order valence-corrected chi connectivity index (χ0v) is 32.9. The van der Waals surface area contributed by atoms with Gasteiger partial charge in [-0.05, 0) is 157 Å². The maximum atomic E-state index is 2.44. The summed E-state index contributed by atoms with van der Waals surface area (Å²) in [7, 11) is 0. The van der Waals surface area contributed by atoms with E-state index < -0.39 is 0 Å². The molecule has 12 aromatic rings. The van der Waals surface area contributed by atoms with Crippen molar-refractivity contribution in [2.24, 2.45) is 0 Å². The Morgan fingerprint density at radius 3 is 0.783 bits per heavy atom. The van der Waals surface area contributed by atoms with Crippen LogP contribution in [0.25, 0.3) is 120 Å². The van der Waals surface area contributed by atoms with Crippen LogP contribution in [0.15, 0.2) is 231 Å². The molecule has 0 aliphatic rings. The summed E-state index contributed by atoms with van der Waals surface area (Å²) >= 11 is 0. The van der Waals surface area contributed by atoms with Crippen molar-refractivity contribution < 1.29 is 0 Å². The Kier molecular flexibility index (Phi) is 7.96. The molecule has 278 valence electrons. The molecule has 0 aromatic heterocycles. The average Bonchev–Trinajstić information content (AvgIpc) is 3.33. The lowest BCUT2D eigenvalue weighted by Crippen LogP contribution is -1.91. The third-order valence-corrected chi connectivity index (χ3v) is 12.6. The molecule has 0 heterocycles. The number of hydrogen-bond acceptors (Lipinski definition) is 0. The van der Waals surface area contributed by atoms with Crippen molar-refractivity contribution in [3.8, 4) is 55.6 Å². The summed E-state index contributed by atoms with van der Waals surface area (Å²) in [5.74, 6) is 0. The molecule has 60 heavy (non-hydrogen) atoms. The maximum Gasteiger partial charge on any atom is -0.00921 e. The number of rotatable bonds is 5. The second-order valence-corrected chi connectivity index (χ2v) is 16.0. The molecular formula is C60H38. The van der Waals surface area contributed by atoms with Gasteiger partial charge in [0.25, 0.3) is 0 Å². The largest absolute Gasteiger partial charge is 0.0622 e. The highest BCUT2D eigenvalue weighted by atomic mass is 14.2. The van der Waals surface area contributed by atoms with Gasteiger partial charge in [-0.3, -0.25) is 0 Å². The fourth-order valence-corrected chi connectivity index (χ4v) is 9.79. The Labute approximate surface area is 349 Å². The molecule has 0 radical (unpaired) electrons. The Balaban J connectivity index is 1.15. The number of hydrogen-bond donors (Lipinski definition) is 0. The summed E-state index contributed by atoms with van der Waals surface area (Å²) in [4.78, 5) is 0. The van der Waals surface area contributed by atoms with Gasteiger partial charge in [-0.1, -0.05) is 194 Å². The highest BCUT2D eigenvalue weighted by Crippen LogP contribution is 2.45. The van der Waals surface area contributed by atoms with Gasteiger partial charge in [0.15, 0.2) is 0 Å². The van der Waals surface area contributed by atoms with Crippen LogP contribution in [0.4, 0.5) is 0 Å². The first-order valence-corrected chi connectivity index (χ1v) is 20.8. The molecule has 0 aliphatic heterocycles. The molecule has 0 heteroatoms. The van der Waals surface area contributed by atoms with Crippen molar-refractivity contribution in [3.05, 3.63) is 231 Å². The minimum atomic E-state index is 1.20. The van der Waals surface area contributed by atoms with E-state index in [0.29, 0.717) is 0 Å². The standard InChI is InChI=1S/C60H38/c1-5-17-39(18-6-1)51-35-59-50-32-30-43(33-55(50)54(42-23-11-4-12-24-42)38-57(59)47-27-15-13-25-45(47)51)44-29-31-49-53(41-21-9-3-10-22-41)36-58-48-28-16-14-26-46(48)52(37-60(58)56(49)34-44)40-19-7-2-8-20-40/h1-38H. The normalized spacial score (nSPS) is 11.7. The Morgan fingerprint density at radius 2 is 0.383 bits per heavy atom. The first-order chi connectivity index (χ1) is 29.8. The van der Waals surface area contributed by atoms with E-state index in [2.05, 4.69) is 231 Å². The zero-order chi connectivity index (χ0) is 39.6. The first kappa shape index (κ1) is 34.3. The zero-order valence-electron chi connectivity index (χ0n) is 32.9. The van der Waals surface area contributed by atoms with Crippen LogP contribution in [0.5, 0.6) is 0 Å². The van der Waals surface area contributed by atoms with Crippen molar-refractivity contribution in [1.82, 2.24) is 0 Å². The molecule has 0 aliphatic carbocycles. The second-order valence-electron chi connectivity index (χ2n) is 16.0. The summed E-state index contributed by atoms with van der Waals surface area (Å²) in [6, 6.07) is 85.2. The van der Waals surface area contributed by atoms with E-state index in [4.69, 9.17) is 0 Å². The van der Waals surface area contributed by atoms with Gasteiger partial charge in [0.1, 0.15) is 0 Å². The topological polar surface area (TPSA) is 0 Å². The molecule has 0 spiro atoms. The quantitative estimate of drug-likeness (QED) is 0.153. The number of fused-ring (bicyclic) bond motifs is 10. The van der Waals surface area contributed by atoms with E-state index in [0.717, 1.165) is 0 Å². The summed E-state index contributed by atoms with van der Waals surface area (Å²) in [6.45, 7) is 0. The summed E-state index contributed by atoms with van der Waals surface area (Å²) in [5.41, 5.74) is 12.3. The Hall–Kier alpha value is -7.80. The first-order valence-electron chi connectivity index (χ1n) is 20.8. The van der Waals surface area contributed by atoms with Crippen LogP contribution >= 0.6 is 0 Å². The smallest absolute Gasteiger partial charge is 0.00921 e. The average molecular weight is 759 g/mol. The third-order valence-electron chi connectivity index (χ3n) is 12.6. The summed E-state index contributed by atoms with van der Waals surface area (Å²) in [5, 5.41) is 15.2.